The Hall–Kier alpha value is -5.06. The van der Waals surface area contributed by atoms with Crippen LogP contribution in [0, 0.1) is 11.6 Å². The van der Waals surface area contributed by atoms with Gasteiger partial charge in [0.15, 0.2) is 5.82 Å². The minimum Gasteiger partial charge on any atom is -0.384 e. The highest BCUT2D eigenvalue weighted by atomic mass is 79.9. The summed E-state index contributed by atoms with van der Waals surface area (Å²) in [6.07, 6.45) is 14.5. The maximum atomic E-state index is 14.4. The lowest BCUT2D eigenvalue weighted by atomic mass is 9.89. The highest BCUT2D eigenvalue weighted by Crippen LogP contribution is 2.38. The summed E-state index contributed by atoms with van der Waals surface area (Å²) < 4.78 is 30.7. The predicted molar refractivity (Wildman–Crippen MR) is 178 cm³/mol. The zero-order valence-electron chi connectivity index (χ0n) is 26.2. The molecule has 2 fully saturated rings. The standard InChI is InChI=1S/C16H16FN5O2.C12H12BrFN2O2.C4H5N3/c17-10-8-11-14(23)21-16(5-2-1-3-6-16)22(11)15(24)13(10)20-12-4-7-18-9-19-12;13-9-7(14)6-8-10(17)15-12(16(8)11(9)18)4-2-1-3-5-12;5-4-1-2-6-3-7-4/h4,7-9H,1-3,5-6H2,(H,21,23)(H,18,19,20);6H,1-5H2,(H,15,17);1-3H,(H2,5,6,7). The van der Waals surface area contributed by atoms with E-state index in [2.05, 4.69) is 51.8 Å². The zero-order chi connectivity index (χ0) is 34.8. The molecule has 5 N–H and O–H groups in total. The molecule has 2 amide bonds. The Morgan fingerprint density at radius 1 is 0.735 bits per heavy atom. The quantitative estimate of drug-likeness (QED) is 0.233. The van der Waals surface area contributed by atoms with Gasteiger partial charge in [0.05, 0.1) is 0 Å². The fourth-order valence-electron chi connectivity index (χ4n) is 6.86. The highest BCUT2D eigenvalue weighted by molar-refractivity contribution is 9.10. The molecule has 0 unspecified atom stereocenters. The van der Waals surface area contributed by atoms with Crippen LogP contribution in [0.5, 0.6) is 0 Å². The molecule has 6 heterocycles. The number of carbonyl (C=O) groups is 2. The molecule has 0 bridgehead atoms. The Bertz CT molecular complexity index is 2000. The van der Waals surface area contributed by atoms with Crippen LogP contribution in [-0.4, -0.2) is 40.9 Å². The molecule has 4 aromatic heterocycles. The lowest BCUT2D eigenvalue weighted by Gasteiger charge is -2.35. The van der Waals surface area contributed by atoms with Crippen molar-refractivity contribution < 1.29 is 18.4 Å². The van der Waals surface area contributed by atoms with Crippen LogP contribution >= 0.6 is 15.9 Å². The van der Waals surface area contributed by atoms with Gasteiger partial charge in [-0.25, -0.2) is 28.7 Å². The van der Waals surface area contributed by atoms with Crippen molar-refractivity contribution in [3.8, 4) is 0 Å². The fourth-order valence-corrected chi connectivity index (χ4v) is 7.15. The van der Waals surface area contributed by atoms with Crippen molar-refractivity contribution >= 4 is 45.1 Å². The maximum Gasteiger partial charge on any atom is 0.279 e. The molecule has 2 spiro atoms. The fraction of sp³-hybridized carbons (Fsp3) is 0.375. The molecule has 0 radical (unpaired) electrons. The summed E-state index contributed by atoms with van der Waals surface area (Å²) in [5.41, 5.74) is 2.80. The number of fused-ring (bicyclic) bond motifs is 4. The molecule has 0 saturated heterocycles. The van der Waals surface area contributed by atoms with Crippen molar-refractivity contribution in [1.29, 1.82) is 0 Å². The van der Waals surface area contributed by atoms with Gasteiger partial charge in [0, 0.05) is 24.5 Å². The first-order valence-corrected chi connectivity index (χ1v) is 16.6. The molecular formula is C32H33BrF2N10O4. The Labute approximate surface area is 286 Å². The van der Waals surface area contributed by atoms with Crippen LogP contribution in [0.3, 0.4) is 0 Å². The van der Waals surface area contributed by atoms with Crippen molar-refractivity contribution in [2.45, 2.75) is 75.5 Å². The first-order valence-electron chi connectivity index (χ1n) is 15.8. The van der Waals surface area contributed by atoms with Crippen molar-refractivity contribution in [2.75, 3.05) is 11.1 Å². The van der Waals surface area contributed by atoms with Gasteiger partial charge >= 0.3 is 0 Å². The minimum atomic E-state index is -0.770. The van der Waals surface area contributed by atoms with E-state index in [1.807, 2.05) is 0 Å². The van der Waals surface area contributed by atoms with Crippen LogP contribution in [0.15, 0.2) is 63.4 Å². The Kier molecular flexibility index (Phi) is 9.54. The second-order valence-corrected chi connectivity index (χ2v) is 13.0. The summed E-state index contributed by atoms with van der Waals surface area (Å²) in [7, 11) is 0. The second kappa shape index (κ2) is 13.8. The van der Waals surface area contributed by atoms with Crippen LogP contribution in [0.25, 0.3) is 0 Å². The van der Waals surface area contributed by atoms with E-state index in [0.717, 1.165) is 63.5 Å². The van der Waals surface area contributed by atoms with Crippen LogP contribution in [-0.2, 0) is 11.3 Å². The predicted octanol–water partition coefficient (Wildman–Crippen LogP) is 4.05. The summed E-state index contributed by atoms with van der Waals surface area (Å²) >= 11 is 2.96. The Morgan fingerprint density at radius 2 is 1.24 bits per heavy atom. The average molecular weight is 740 g/mol. The first-order chi connectivity index (χ1) is 23.5. The number of carbonyl (C=O) groups excluding carboxylic acids is 2. The molecule has 49 heavy (non-hydrogen) atoms. The Morgan fingerprint density at radius 3 is 1.71 bits per heavy atom. The van der Waals surface area contributed by atoms with Gasteiger partial charge in [-0.05, 0) is 79.4 Å². The number of nitrogens with two attached hydrogens (primary N) is 1. The summed E-state index contributed by atoms with van der Waals surface area (Å²) in [5.74, 6) is -1.39. The van der Waals surface area contributed by atoms with E-state index in [0.29, 0.717) is 24.5 Å². The van der Waals surface area contributed by atoms with Crippen molar-refractivity contribution in [1.82, 2.24) is 39.7 Å². The van der Waals surface area contributed by atoms with E-state index in [1.165, 1.54) is 34.1 Å². The molecule has 256 valence electrons. The SMILES string of the molecule is Nc1ccncn1.O=C1NC2(CCCCC2)n2c1cc(F)c(Br)c2=O.O=C1NC2(CCCCC2)n2c1cc(F)c(Nc1ccncn1)c2=O. The van der Waals surface area contributed by atoms with E-state index >= 15 is 0 Å². The molecule has 0 atom stereocenters. The molecule has 4 aromatic rings. The van der Waals surface area contributed by atoms with Gasteiger partial charge in [-0.3, -0.25) is 28.3 Å². The van der Waals surface area contributed by atoms with E-state index in [1.54, 1.807) is 12.3 Å². The smallest absolute Gasteiger partial charge is 0.279 e. The third kappa shape index (κ3) is 6.54. The van der Waals surface area contributed by atoms with E-state index < -0.39 is 40.0 Å². The van der Waals surface area contributed by atoms with Crippen LogP contribution < -0.4 is 32.8 Å². The monoisotopic (exact) mass is 738 g/mol. The highest BCUT2D eigenvalue weighted by Gasteiger charge is 2.46. The maximum absolute atomic E-state index is 14.4. The number of nitrogens with one attached hydrogen (secondary N) is 3. The van der Waals surface area contributed by atoms with Crippen molar-refractivity contribution in [2.24, 2.45) is 0 Å². The Balaban J connectivity index is 0.000000146. The molecule has 2 saturated carbocycles. The van der Waals surface area contributed by atoms with Crippen molar-refractivity contribution in [3.63, 3.8) is 0 Å². The molecule has 8 rings (SSSR count). The molecular weight excluding hydrogens is 706 g/mol. The van der Waals surface area contributed by atoms with Gasteiger partial charge in [-0.15, -0.1) is 0 Å². The number of anilines is 3. The number of rotatable bonds is 2. The van der Waals surface area contributed by atoms with Gasteiger partial charge < -0.3 is 21.7 Å². The number of hydrogen-bond donors (Lipinski definition) is 4. The minimum absolute atomic E-state index is 0.0765. The van der Waals surface area contributed by atoms with Gasteiger partial charge in [0.25, 0.3) is 22.9 Å². The first kappa shape index (κ1) is 33.8. The zero-order valence-corrected chi connectivity index (χ0v) is 27.8. The number of nitrogens with zero attached hydrogens (tertiary/aromatic N) is 6. The van der Waals surface area contributed by atoms with E-state index in [9.17, 15) is 28.0 Å². The molecule has 0 aromatic carbocycles. The van der Waals surface area contributed by atoms with Gasteiger partial charge in [0.2, 0.25) is 0 Å². The van der Waals surface area contributed by atoms with Crippen LogP contribution in [0.4, 0.5) is 26.1 Å². The topological polar surface area (TPSA) is 192 Å². The van der Waals surface area contributed by atoms with E-state index in [-0.39, 0.29) is 27.5 Å². The number of amides is 2. The second-order valence-electron chi connectivity index (χ2n) is 12.2. The summed E-state index contributed by atoms with van der Waals surface area (Å²) in [4.78, 5) is 64.3. The normalized spacial score (nSPS) is 17.9. The lowest BCUT2D eigenvalue weighted by molar-refractivity contribution is 0.0867. The third-order valence-electron chi connectivity index (χ3n) is 9.08. The molecule has 2 aliphatic carbocycles. The van der Waals surface area contributed by atoms with Gasteiger partial charge in [-0.2, -0.15) is 0 Å². The number of nitrogen functional groups attached to an aromatic ring is 1. The molecule has 14 nitrogen and oxygen atoms in total. The largest absolute Gasteiger partial charge is 0.384 e. The molecule has 4 aliphatic rings. The van der Waals surface area contributed by atoms with Gasteiger partial charge in [0.1, 0.15) is 63.0 Å². The van der Waals surface area contributed by atoms with Crippen molar-refractivity contribution in [3.05, 3.63) is 97.5 Å². The number of hydrogen-bond acceptors (Lipinski definition) is 10. The number of aromatic nitrogens is 6. The number of pyridine rings is 2. The molecule has 17 heteroatoms. The van der Waals surface area contributed by atoms with Gasteiger partial charge in [-0.1, -0.05) is 12.8 Å². The lowest BCUT2D eigenvalue weighted by Crippen LogP contribution is -2.48. The molecule has 2 aliphatic heterocycles. The summed E-state index contributed by atoms with van der Waals surface area (Å²) in [5, 5.41) is 8.47. The van der Waals surface area contributed by atoms with Crippen LogP contribution in [0.2, 0.25) is 0 Å². The summed E-state index contributed by atoms with van der Waals surface area (Å²) in [6.45, 7) is 0. The number of halogens is 3. The van der Waals surface area contributed by atoms with Crippen LogP contribution in [0.1, 0.15) is 85.2 Å². The summed E-state index contributed by atoms with van der Waals surface area (Å²) in [6, 6.07) is 5.42. The third-order valence-corrected chi connectivity index (χ3v) is 9.80. The average Bonchev–Trinajstić information content (AvgIpc) is 3.51. The van der Waals surface area contributed by atoms with E-state index in [4.69, 9.17) is 5.73 Å².